The van der Waals surface area contributed by atoms with Gasteiger partial charge >= 0.3 is 0 Å². The van der Waals surface area contributed by atoms with E-state index in [0.29, 0.717) is 12.5 Å². The Bertz CT molecular complexity index is 592. The molecule has 1 aromatic rings. The Morgan fingerprint density at radius 1 is 1.38 bits per heavy atom. The van der Waals surface area contributed by atoms with Gasteiger partial charge in [0.15, 0.2) is 5.96 Å². The Labute approximate surface area is 173 Å². The smallest absolute Gasteiger partial charge is 0.239 e. The summed E-state index contributed by atoms with van der Waals surface area (Å²) in [5.74, 6) is 1.39. The van der Waals surface area contributed by atoms with E-state index in [0.717, 1.165) is 43.8 Å². The van der Waals surface area contributed by atoms with Gasteiger partial charge in [0.2, 0.25) is 5.91 Å². The van der Waals surface area contributed by atoms with Crippen molar-refractivity contribution in [3.05, 3.63) is 24.3 Å². The Balaban J connectivity index is 0.00000338. The van der Waals surface area contributed by atoms with Crippen LogP contribution in [0.2, 0.25) is 0 Å². The van der Waals surface area contributed by atoms with Crippen LogP contribution in [0.4, 0.5) is 5.69 Å². The van der Waals surface area contributed by atoms with Crippen molar-refractivity contribution in [3.8, 4) is 5.75 Å². The molecule has 0 saturated carbocycles. The molecule has 1 heterocycles. The highest BCUT2D eigenvalue weighted by atomic mass is 127. The molecule has 0 spiro atoms. The summed E-state index contributed by atoms with van der Waals surface area (Å²) in [4.78, 5) is 20.5. The molecule has 1 saturated heterocycles. The summed E-state index contributed by atoms with van der Waals surface area (Å²) in [7, 11) is 5.26. The van der Waals surface area contributed by atoms with Crippen molar-refractivity contribution < 1.29 is 9.53 Å². The second-order valence-electron chi connectivity index (χ2n) is 6.40. The highest BCUT2D eigenvalue weighted by Crippen LogP contribution is 2.19. The standard InChI is InChI=1S/C18H29N5O2.HI/c1-22(2)17(24)16-6-4-12-23(16)13-5-11-20-18(19)21-14-7-9-15(25-3)10-8-14;/h7-10,16H,4-6,11-13H2,1-3H3,(H3,19,20,21);1H. The van der Waals surface area contributed by atoms with Crippen molar-refractivity contribution >= 4 is 41.5 Å². The second kappa shape index (κ2) is 11.2. The quantitative estimate of drug-likeness (QED) is 0.273. The summed E-state index contributed by atoms with van der Waals surface area (Å²) in [5.41, 5.74) is 6.79. The molecule has 1 aliphatic rings. The van der Waals surface area contributed by atoms with Crippen LogP contribution in [0.5, 0.6) is 5.75 Å². The number of guanidine groups is 1. The molecule has 1 aromatic carbocycles. The van der Waals surface area contributed by atoms with E-state index < -0.39 is 0 Å². The first-order chi connectivity index (χ1) is 12.0. The number of benzene rings is 1. The van der Waals surface area contributed by atoms with E-state index in [1.165, 1.54) is 0 Å². The third-order valence-corrected chi connectivity index (χ3v) is 4.34. The number of nitrogens with two attached hydrogens (primary N) is 1. The lowest BCUT2D eigenvalue weighted by Crippen LogP contribution is -2.43. The van der Waals surface area contributed by atoms with Crippen LogP contribution >= 0.6 is 24.0 Å². The summed E-state index contributed by atoms with van der Waals surface area (Å²) in [5, 5.41) is 3.06. The molecule has 1 unspecified atom stereocenters. The Hall–Kier alpha value is -1.55. The van der Waals surface area contributed by atoms with Crippen molar-refractivity contribution in [3.63, 3.8) is 0 Å². The summed E-state index contributed by atoms with van der Waals surface area (Å²) >= 11 is 0. The molecule has 0 radical (unpaired) electrons. The SMILES string of the molecule is COc1ccc(NC(N)=NCCCN2CCCC2C(=O)N(C)C)cc1.I. The number of nitrogens with one attached hydrogen (secondary N) is 1. The maximum Gasteiger partial charge on any atom is 0.239 e. The van der Waals surface area contributed by atoms with Gasteiger partial charge in [-0.05, 0) is 50.1 Å². The fourth-order valence-corrected chi connectivity index (χ4v) is 3.01. The van der Waals surface area contributed by atoms with E-state index in [1.807, 2.05) is 38.4 Å². The number of carbonyl (C=O) groups excluding carboxylic acids is 1. The normalized spacial score (nSPS) is 17.5. The van der Waals surface area contributed by atoms with Crippen LogP contribution in [0.25, 0.3) is 0 Å². The monoisotopic (exact) mass is 475 g/mol. The molecule has 3 N–H and O–H groups in total. The van der Waals surface area contributed by atoms with Gasteiger partial charge in [-0.15, -0.1) is 24.0 Å². The van der Waals surface area contributed by atoms with Crippen LogP contribution in [0.3, 0.4) is 0 Å². The maximum absolute atomic E-state index is 12.2. The average Bonchev–Trinajstić information content (AvgIpc) is 3.07. The first-order valence-corrected chi connectivity index (χ1v) is 8.67. The van der Waals surface area contributed by atoms with Crippen LogP contribution in [-0.4, -0.2) is 68.5 Å². The summed E-state index contributed by atoms with van der Waals surface area (Å²) in [6.45, 7) is 2.48. The second-order valence-corrected chi connectivity index (χ2v) is 6.40. The molecule has 7 nitrogen and oxygen atoms in total. The van der Waals surface area contributed by atoms with Gasteiger partial charge < -0.3 is 20.7 Å². The van der Waals surface area contributed by atoms with E-state index in [9.17, 15) is 4.79 Å². The zero-order valence-electron chi connectivity index (χ0n) is 15.8. The zero-order valence-corrected chi connectivity index (χ0v) is 18.1. The molecule has 146 valence electrons. The summed E-state index contributed by atoms with van der Waals surface area (Å²) < 4.78 is 5.12. The fraction of sp³-hybridized carbons (Fsp3) is 0.556. The van der Waals surface area contributed by atoms with Crippen LogP contribution in [-0.2, 0) is 4.79 Å². The first-order valence-electron chi connectivity index (χ1n) is 8.67. The molecule has 0 aliphatic carbocycles. The van der Waals surface area contributed by atoms with Crippen LogP contribution in [0.15, 0.2) is 29.3 Å². The number of anilines is 1. The van der Waals surface area contributed by atoms with Gasteiger partial charge in [-0.25, -0.2) is 0 Å². The minimum Gasteiger partial charge on any atom is -0.497 e. The minimum atomic E-state index is 0. The molecular weight excluding hydrogens is 445 g/mol. The predicted octanol–water partition coefficient (Wildman–Crippen LogP) is 1.98. The fourth-order valence-electron chi connectivity index (χ4n) is 3.01. The highest BCUT2D eigenvalue weighted by Gasteiger charge is 2.30. The minimum absolute atomic E-state index is 0. The van der Waals surface area contributed by atoms with Crippen molar-refractivity contribution in [1.82, 2.24) is 9.80 Å². The molecule has 1 amide bonds. The largest absolute Gasteiger partial charge is 0.497 e. The molecule has 8 heteroatoms. The number of likely N-dealkylation sites (tertiary alicyclic amines) is 1. The molecule has 2 rings (SSSR count). The number of ether oxygens (including phenoxy) is 1. The third kappa shape index (κ3) is 6.64. The van der Waals surface area contributed by atoms with Gasteiger partial charge in [-0.2, -0.15) is 0 Å². The lowest BCUT2D eigenvalue weighted by atomic mass is 10.2. The summed E-state index contributed by atoms with van der Waals surface area (Å²) in [6.07, 6.45) is 2.90. The number of methoxy groups -OCH3 is 1. The number of halogens is 1. The molecule has 1 atom stereocenters. The Kier molecular flexibility index (Phi) is 9.71. The van der Waals surface area contributed by atoms with E-state index in [4.69, 9.17) is 10.5 Å². The van der Waals surface area contributed by atoms with Gasteiger partial charge in [0.25, 0.3) is 0 Å². The van der Waals surface area contributed by atoms with E-state index in [-0.39, 0.29) is 35.9 Å². The van der Waals surface area contributed by atoms with Crippen molar-refractivity contribution in [2.45, 2.75) is 25.3 Å². The number of hydrogen-bond acceptors (Lipinski definition) is 4. The van der Waals surface area contributed by atoms with E-state index in [2.05, 4.69) is 15.2 Å². The molecule has 0 aromatic heterocycles. The summed E-state index contributed by atoms with van der Waals surface area (Å²) in [6, 6.07) is 7.54. The van der Waals surface area contributed by atoms with Gasteiger partial charge in [0, 0.05) is 32.9 Å². The highest BCUT2D eigenvalue weighted by molar-refractivity contribution is 14.0. The number of hydrogen-bond donors (Lipinski definition) is 2. The number of amides is 1. The number of nitrogens with zero attached hydrogens (tertiary/aromatic N) is 3. The maximum atomic E-state index is 12.2. The molecule has 0 bridgehead atoms. The van der Waals surface area contributed by atoms with E-state index >= 15 is 0 Å². The van der Waals surface area contributed by atoms with Gasteiger partial charge in [0.05, 0.1) is 13.2 Å². The Morgan fingerprint density at radius 2 is 2.08 bits per heavy atom. The van der Waals surface area contributed by atoms with Gasteiger partial charge in [-0.1, -0.05) is 0 Å². The lowest BCUT2D eigenvalue weighted by molar-refractivity contribution is -0.133. The van der Waals surface area contributed by atoms with Gasteiger partial charge in [-0.3, -0.25) is 14.7 Å². The first kappa shape index (κ1) is 22.5. The van der Waals surface area contributed by atoms with Crippen LogP contribution < -0.4 is 15.8 Å². The van der Waals surface area contributed by atoms with E-state index in [1.54, 1.807) is 12.0 Å². The van der Waals surface area contributed by atoms with Crippen molar-refractivity contribution in [2.24, 2.45) is 10.7 Å². The topological polar surface area (TPSA) is 83.2 Å². The van der Waals surface area contributed by atoms with Crippen molar-refractivity contribution in [2.75, 3.05) is 46.2 Å². The van der Waals surface area contributed by atoms with Crippen molar-refractivity contribution in [1.29, 1.82) is 0 Å². The number of rotatable bonds is 7. The lowest BCUT2D eigenvalue weighted by Gasteiger charge is -2.25. The predicted molar refractivity (Wildman–Crippen MR) is 116 cm³/mol. The number of aliphatic imine (C=N–C) groups is 1. The third-order valence-electron chi connectivity index (χ3n) is 4.34. The Morgan fingerprint density at radius 3 is 2.69 bits per heavy atom. The zero-order chi connectivity index (χ0) is 18.2. The number of carbonyl (C=O) groups is 1. The molecule has 26 heavy (non-hydrogen) atoms. The molecule has 1 fully saturated rings. The number of likely N-dealkylation sites (N-methyl/N-ethyl adjacent to an activating group) is 1. The van der Waals surface area contributed by atoms with Gasteiger partial charge in [0.1, 0.15) is 5.75 Å². The van der Waals surface area contributed by atoms with Crippen LogP contribution in [0, 0.1) is 0 Å². The average molecular weight is 475 g/mol. The molecule has 1 aliphatic heterocycles. The van der Waals surface area contributed by atoms with Crippen LogP contribution in [0.1, 0.15) is 19.3 Å². The molecular formula is C18H30IN5O2.